The summed E-state index contributed by atoms with van der Waals surface area (Å²) in [6.45, 7) is 4.69. The van der Waals surface area contributed by atoms with Crippen molar-refractivity contribution < 1.29 is 26.4 Å². The van der Waals surface area contributed by atoms with Crippen LogP contribution in [0.5, 0.6) is 0 Å². The minimum Gasteiger partial charge on any atom is -0.379 e. The lowest BCUT2D eigenvalue weighted by atomic mass is 10.0. The zero-order valence-electron chi connectivity index (χ0n) is 17.5. The molecular formula is C20H26N4O6S2. The molecule has 10 nitrogen and oxygen atoms in total. The normalized spacial score (nSPS) is 16.5. The summed E-state index contributed by atoms with van der Waals surface area (Å²) >= 11 is 0. The Labute approximate surface area is 187 Å². The topological polar surface area (TPSA) is 162 Å². The Bertz CT molecular complexity index is 1190. The van der Waals surface area contributed by atoms with E-state index in [1.165, 1.54) is 36.4 Å². The maximum Gasteiger partial charge on any atom is 0.255 e. The van der Waals surface area contributed by atoms with Gasteiger partial charge in [-0.05, 0) is 48.4 Å². The second-order valence-electron chi connectivity index (χ2n) is 7.40. The van der Waals surface area contributed by atoms with Crippen LogP contribution in [0.15, 0.2) is 52.3 Å². The van der Waals surface area contributed by atoms with E-state index in [4.69, 9.17) is 15.0 Å². The van der Waals surface area contributed by atoms with E-state index in [0.29, 0.717) is 13.2 Å². The number of hydrogen-bond donors (Lipinski definition) is 3. The predicted octanol–water partition coefficient (Wildman–Crippen LogP) is 1.02. The summed E-state index contributed by atoms with van der Waals surface area (Å²) in [5.41, 5.74) is 0.934. The van der Waals surface area contributed by atoms with Gasteiger partial charge in [0, 0.05) is 24.7 Å². The average Bonchev–Trinajstić information content (AvgIpc) is 2.74. The Hall–Kier alpha value is -2.35. The van der Waals surface area contributed by atoms with E-state index in [0.717, 1.165) is 25.1 Å². The van der Waals surface area contributed by atoms with Crippen molar-refractivity contribution in [3.05, 3.63) is 53.6 Å². The van der Waals surface area contributed by atoms with Crippen LogP contribution in [-0.2, 0) is 24.8 Å². The average molecular weight is 483 g/mol. The lowest BCUT2D eigenvalue weighted by molar-refractivity contribution is 0.0152. The minimum atomic E-state index is -4.14. The van der Waals surface area contributed by atoms with E-state index >= 15 is 0 Å². The van der Waals surface area contributed by atoms with E-state index in [2.05, 4.69) is 10.2 Å². The second-order valence-corrected chi connectivity index (χ2v) is 10.5. The van der Waals surface area contributed by atoms with Crippen LogP contribution in [0.3, 0.4) is 0 Å². The van der Waals surface area contributed by atoms with Gasteiger partial charge in [-0.3, -0.25) is 9.69 Å². The van der Waals surface area contributed by atoms with Gasteiger partial charge in [-0.2, -0.15) is 0 Å². The van der Waals surface area contributed by atoms with Gasteiger partial charge in [-0.15, -0.1) is 0 Å². The van der Waals surface area contributed by atoms with Crippen molar-refractivity contribution in [2.75, 3.05) is 31.6 Å². The highest BCUT2D eigenvalue weighted by Gasteiger charge is 2.24. The van der Waals surface area contributed by atoms with Crippen molar-refractivity contribution in [3.8, 4) is 0 Å². The predicted molar refractivity (Wildman–Crippen MR) is 119 cm³/mol. The van der Waals surface area contributed by atoms with E-state index in [1.807, 2.05) is 6.92 Å². The van der Waals surface area contributed by atoms with Gasteiger partial charge in [0.05, 0.1) is 23.8 Å². The molecule has 1 aliphatic rings. The number of nitrogens with one attached hydrogen (secondary N) is 1. The summed E-state index contributed by atoms with van der Waals surface area (Å²) in [6.07, 6.45) is 0.756. The number of hydrogen-bond acceptors (Lipinski definition) is 7. The summed E-state index contributed by atoms with van der Waals surface area (Å²) in [4.78, 5) is 14.5. The van der Waals surface area contributed by atoms with E-state index in [-0.39, 0.29) is 27.1 Å². The van der Waals surface area contributed by atoms with Crippen molar-refractivity contribution in [1.82, 2.24) is 4.90 Å². The number of ether oxygens (including phenoxy) is 1. The van der Waals surface area contributed by atoms with Gasteiger partial charge in [0.25, 0.3) is 5.91 Å². The fraction of sp³-hybridized carbons (Fsp3) is 0.350. The highest BCUT2D eigenvalue weighted by atomic mass is 32.2. The molecule has 0 saturated carbocycles. The number of anilines is 1. The first-order valence-corrected chi connectivity index (χ1v) is 13.0. The summed E-state index contributed by atoms with van der Waals surface area (Å²) < 4.78 is 52.7. The first-order chi connectivity index (χ1) is 15.0. The molecule has 174 valence electrons. The summed E-state index contributed by atoms with van der Waals surface area (Å²) in [6, 6.07) is 9.70. The largest absolute Gasteiger partial charge is 0.379 e. The fourth-order valence-electron chi connectivity index (χ4n) is 3.67. The third-order valence-corrected chi connectivity index (χ3v) is 7.14. The Kier molecular flexibility index (Phi) is 7.32. The molecule has 0 aliphatic carbocycles. The number of amides is 1. The van der Waals surface area contributed by atoms with Gasteiger partial charge in [0.2, 0.25) is 20.0 Å². The van der Waals surface area contributed by atoms with Crippen LogP contribution in [0.4, 0.5) is 5.69 Å². The van der Waals surface area contributed by atoms with Crippen molar-refractivity contribution >= 4 is 31.6 Å². The van der Waals surface area contributed by atoms with Crippen molar-refractivity contribution in [2.24, 2.45) is 10.3 Å². The number of nitrogens with two attached hydrogens (primary N) is 2. The van der Waals surface area contributed by atoms with Crippen LogP contribution in [0, 0.1) is 0 Å². The molecule has 1 unspecified atom stereocenters. The maximum atomic E-state index is 12.6. The molecule has 0 bridgehead atoms. The molecule has 2 aromatic carbocycles. The van der Waals surface area contributed by atoms with Crippen LogP contribution < -0.4 is 15.6 Å². The van der Waals surface area contributed by atoms with Gasteiger partial charge >= 0.3 is 0 Å². The molecule has 32 heavy (non-hydrogen) atoms. The van der Waals surface area contributed by atoms with Crippen LogP contribution in [0.25, 0.3) is 0 Å². The van der Waals surface area contributed by atoms with Gasteiger partial charge in [0.15, 0.2) is 0 Å². The highest BCUT2D eigenvalue weighted by Crippen LogP contribution is 2.30. The number of rotatable bonds is 7. The molecule has 0 spiro atoms. The molecule has 2 aromatic rings. The van der Waals surface area contributed by atoms with Gasteiger partial charge in [-0.25, -0.2) is 27.1 Å². The molecule has 3 rings (SSSR count). The van der Waals surface area contributed by atoms with Crippen molar-refractivity contribution in [2.45, 2.75) is 29.2 Å². The number of nitrogens with zero attached hydrogens (tertiary/aromatic N) is 1. The molecular weight excluding hydrogens is 456 g/mol. The number of sulfonamides is 2. The lowest BCUT2D eigenvalue weighted by Gasteiger charge is -2.34. The molecule has 0 radical (unpaired) electrons. The lowest BCUT2D eigenvalue weighted by Crippen LogP contribution is -2.39. The van der Waals surface area contributed by atoms with Crippen LogP contribution >= 0.6 is 0 Å². The third-order valence-electron chi connectivity index (χ3n) is 5.26. The standard InChI is InChI=1S/C20H26N4O6S2/c1-2-18(24-9-11-30-12-10-24)15-5-8-17(19(13-15)32(22,28)29)23-20(25)14-3-6-16(7-4-14)31(21,26)27/h3-8,13,18H,2,9-12H2,1H3,(H,23,25)(H2,21,26,27)(H2,22,28,29). The first-order valence-electron chi connectivity index (χ1n) is 9.93. The molecule has 5 N–H and O–H groups in total. The highest BCUT2D eigenvalue weighted by molar-refractivity contribution is 7.89. The summed E-state index contributed by atoms with van der Waals surface area (Å²) in [5.74, 6) is -0.621. The number of morpholine rings is 1. The van der Waals surface area contributed by atoms with Crippen LogP contribution in [0.1, 0.15) is 35.3 Å². The molecule has 0 aromatic heterocycles. The van der Waals surface area contributed by atoms with Crippen molar-refractivity contribution in [3.63, 3.8) is 0 Å². The SMILES string of the molecule is CCC(c1ccc(NC(=O)c2ccc(S(N)(=O)=O)cc2)c(S(N)(=O)=O)c1)N1CCOCC1. The second kappa shape index (κ2) is 9.65. The zero-order valence-corrected chi connectivity index (χ0v) is 19.2. The van der Waals surface area contributed by atoms with Gasteiger partial charge in [-0.1, -0.05) is 13.0 Å². The molecule has 1 aliphatic heterocycles. The molecule has 1 fully saturated rings. The van der Waals surface area contributed by atoms with E-state index in [9.17, 15) is 21.6 Å². The quantitative estimate of drug-likeness (QED) is 0.530. The number of carbonyl (C=O) groups is 1. The number of carbonyl (C=O) groups excluding carboxylic acids is 1. The Morgan fingerprint density at radius 1 is 1.03 bits per heavy atom. The maximum absolute atomic E-state index is 12.6. The molecule has 1 saturated heterocycles. The smallest absolute Gasteiger partial charge is 0.255 e. The van der Waals surface area contributed by atoms with E-state index in [1.54, 1.807) is 6.07 Å². The molecule has 1 amide bonds. The fourth-order valence-corrected chi connectivity index (χ4v) is 4.91. The zero-order chi connectivity index (χ0) is 23.5. The number of primary sulfonamides is 2. The van der Waals surface area contributed by atoms with Gasteiger partial charge in [0.1, 0.15) is 4.90 Å². The Morgan fingerprint density at radius 2 is 1.66 bits per heavy atom. The Balaban J connectivity index is 1.90. The number of benzene rings is 2. The molecule has 1 atom stereocenters. The van der Waals surface area contributed by atoms with Gasteiger partial charge < -0.3 is 10.1 Å². The van der Waals surface area contributed by atoms with E-state index < -0.39 is 26.0 Å². The summed E-state index contributed by atoms with van der Waals surface area (Å²) in [5, 5.41) is 13.0. The van der Waals surface area contributed by atoms with Crippen LogP contribution in [-0.4, -0.2) is 53.9 Å². The Morgan fingerprint density at radius 3 is 2.19 bits per heavy atom. The molecule has 12 heteroatoms. The monoisotopic (exact) mass is 482 g/mol. The first kappa shape index (κ1) is 24.3. The summed E-state index contributed by atoms with van der Waals surface area (Å²) in [7, 11) is -8.03. The molecule has 1 heterocycles. The van der Waals surface area contributed by atoms with Crippen molar-refractivity contribution in [1.29, 1.82) is 0 Å². The van der Waals surface area contributed by atoms with Crippen LogP contribution in [0.2, 0.25) is 0 Å². The minimum absolute atomic E-state index is 0.0186. The third kappa shape index (κ3) is 5.71.